The molecule has 0 spiro atoms. The van der Waals surface area contributed by atoms with E-state index in [0.717, 1.165) is 60.3 Å². The van der Waals surface area contributed by atoms with E-state index in [1.165, 1.54) is 6.07 Å². The number of hydrogen-bond acceptors (Lipinski definition) is 6. The smallest absolute Gasteiger partial charge is 0.416 e. The number of amides is 1. The van der Waals surface area contributed by atoms with Crippen LogP contribution in [0.15, 0.2) is 24.3 Å². The van der Waals surface area contributed by atoms with Crippen molar-refractivity contribution >= 4 is 11.7 Å². The zero-order valence-corrected chi connectivity index (χ0v) is 19.3. The summed E-state index contributed by atoms with van der Waals surface area (Å²) >= 11 is 0. The van der Waals surface area contributed by atoms with Gasteiger partial charge >= 0.3 is 6.18 Å². The van der Waals surface area contributed by atoms with Gasteiger partial charge < -0.3 is 25.2 Å². The van der Waals surface area contributed by atoms with E-state index in [1.54, 1.807) is 4.90 Å². The Morgan fingerprint density at radius 2 is 1.94 bits per heavy atom. The third kappa shape index (κ3) is 6.18. The van der Waals surface area contributed by atoms with Crippen LogP contribution in [0.4, 0.5) is 19.0 Å². The molecule has 1 aromatic carbocycles. The molecule has 0 radical (unpaired) electrons. The van der Waals surface area contributed by atoms with Gasteiger partial charge in [0.2, 0.25) is 0 Å². The average molecular weight is 482 g/mol. The molecule has 10 heteroatoms. The summed E-state index contributed by atoms with van der Waals surface area (Å²) in [6.45, 7) is 4.34. The number of anilines is 1. The van der Waals surface area contributed by atoms with Gasteiger partial charge in [-0.15, -0.1) is 0 Å². The van der Waals surface area contributed by atoms with Gasteiger partial charge in [0.25, 0.3) is 5.91 Å². The molecule has 1 atom stereocenters. The van der Waals surface area contributed by atoms with Crippen molar-refractivity contribution in [2.75, 3.05) is 19.3 Å². The Morgan fingerprint density at radius 1 is 1.21 bits per heavy atom. The number of nitrogens with zero attached hydrogens (tertiary/aromatic N) is 2. The Hall–Kier alpha value is -2.85. The molecule has 0 fully saturated rings. The Labute approximate surface area is 196 Å². The number of halogens is 3. The number of unbranched alkanes of at least 4 members (excludes halogenated alkanes) is 2. The molecule has 1 aromatic heterocycles. The summed E-state index contributed by atoms with van der Waals surface area (Å²) in [7, 11) is 1.85. The van der Waals surface area contributed by atoms with E-state index in [1.807, 2.05) is 7.05 Å². The molecule has 2 aliphatic rings. The van der Waals surface area contributed by atoms with Gasteiger partial charge in [-0.2, -0.15) is 13.2 Å². The van der Waals surface area contributed by atoms with Gasteiger partial charge in [0, 0.05) is 25.6 Å². The largest absolute Gasteiger partial charge is 0.508 e. The lowest BCUT2D eigenvalue weighted by Crippen LogP contribution is -2.41. The Kier molecular flexibility index (Phi) is 8.37. The monoisotopic (exact) mass is 481 g/mol. The molecule has 2 aromatic rings. The molecule has 0 saturated heterocycles. The minimum Gasteiger partial charge on any atom is -0.508 e. The maximum absolute atomic E-state index is 12.6. The average Bonchev–Trinajstić information content (AvgIpc) is 3.30. The van der Waals surface area contributed by atoms with Crippen LogP contribution in [0, 0.1) is 0 Å². The zero-order valence-electron chi connectivity index (χ0n) is 19.3. The summed E-state index contributed by atoms with van der Waals surface area (Å²) in [4.78, 5) is 18.8. The number of nitrogens with two attached hydrogens (primary N) is 1. The van der Waals surface area contributed by atoms with E-state index in [2.05, 4.69) is 11.9 Å². The summed E-state index contributed by atoms with van der Waals surface area (Å²) in [5.41, 5.74) is 9.19. The van der Waals surface area contributed by atoms with Crippen molar-refractivity contribution in [3.05, 3.63) is 52.2 Å². The van der Waals surface area contributed by atoms with E-state index in [9.17, 15) is 18.0 Å². The molecule has 1 unspecified atom stereocenters. The van der Waals surface area contributed by atoms with Crippen LogP contribution in [-0.2, 0) is 46.7 Å². The number of alkyl halides is 3. The summed E-state index contributed by atoms with van der Waals surface area (Å²) in [5.74, 6) is 0.206. The molecular formula is C24H30F3N3O4. The van der Waals surface area contributed by atoms with Crippen LogP contribution in [0.5, 0.6) is 5.75 Å². The molecular weight excluding hydrogens is 451 g/mol. The van der Waals surface area contributed by atoms with Gasteiger partial charge in [0.05, 0.1) is 31.1 Å². The first-order valence-corrected chi connectivity index (χ1v) is 11.2. The van der Waals surface area contributed by atoms with Gasteiger partial charge in [-0.05, 0) is 35.7 Å². The summed E-state index contributed by atoms with van der Waals surface area (Å²) in [5, 5.41) is 8.68. The number of nitrogen functional groups attached to an aromatic ring is 1. The maximum Gasteiger partial charge on any atom is 0.416 e. The number of ether oxygens (including phenoxy) is 2. The summed E-state index contributed by atoms with van der Waals surface area (Å²) in [6, 6.07) is 3.92. The van der Waals surface area contributed by atoms with Crippen molar-refractivity contribution < 1.29 is 32.5 Å². The Bertz CT molecular complexity index is 1010. The van der Waals surface area contributed by atoms with E-state index in [4.69, 9.17) is 20.3 Å². The number of hydrogen-bond donors (Lipinski definition) is 2. The van der Waals surface area contributed by atoms with Gasteiger partial charge in [-0.25, -0.2) is 4.98 Å². The van der Waals surface area contributed by atoms with Gasteiger partial charge in [-0.3, -0.25) is 4.79 Å². The lowest BCUT2D eigenvalue weighted by atomic mass is 9.95. The number of benzene rings is 1. The number of carbonyl (C=O) groups excluding carboxylic acids is 1. The fourth-order valence-electron chi connectivity index (χ4n) is 3.96. The minimum atomic E-state index is -4.38. The first-order chi connectivity index (χ1) is 16.1. The molecule has 0 saturated carbocycles. The number of aromatic hydroxyl groups is 1. The Balaban J connectivity index is 0.000000248. The normalized spacial score (nSPS) is 16.8. The molecule has 0 aliphatic carbocycles. The predicted octanol–water partition coefficient (Wildman–Crippen LogP) is 4.19. The van der Waals surface area contributed by atoms with Crippen molar-refractivity contribution in [3.63, 3.8) is 0 Å². The maximum atomic E-state index is 12.6. The number of likely N-dealkylation sites (N-methyl/N-ethyl adjacent to an activating group) is 1. The minimum absolute atomic E-state index is 0.0521. The van der Waals surface area contributed by atoms with Crippen LogP contribution in [0.1, 0.15) is 54.1 Å². The number of rotatable bonds is 5. The van der Waals surface area contributed by atoms with Crippen molar-refractivity contribution in [1.82, 2.24) is 9.88 Å². The van der Waals surface area contributed by atoms with Crippen LogP contribution < -0.4 is 5.73 Å². The SMILES string of the molecule is CCCCCN(C)C(=O)C1Cc2c(nc(N)c3c2COC3)CO1.Oc1cccc(C(F)(F)F)c1. The first-order valence-electron chi connectivity index (χ1n) is 11.2. The highest BCUT2D eigenvalue weighted by atomic mass is 19.4. The molecule has 4 rings (SSSR count). The van der Waals surface area contributed by atoms with Crippen LogP contribution in [0.2, 0.25) is 0 Å². The molecule has 0 bridgehead atoms. The van der Waals surface area contributed by atoms with Gasteiger partial charge in [-0.1, -0.05) is 25.8 Å². The van der Waals surface area contributed by atoms with Crippen LogP contribution >= 0.6 is 0 Å². The molecule has 3 N–H and O–H groups in total. The predicted molar refractivity (Wildman–Crippen MR) is 120 cm³/mol. The lowest BCUT2D eigenvalue weighted by Gasteiger charge is -2.29. The highest BCUT2D eigenvalue weighted by molar-refractivity contribution is 5.81. The summed E-state index contributed by atoms with van der Waals surface area (Å²) in [6.07, 6.45) is -0.925. The van der Waals surface area contributed by atoms with Crippen molar-refractivity contribution in [1.29, 1.82) is 0 Å². The topological polar surface area (TPSA) is 97.9 Å². The van der Waals surface area contributed by atoms with Crippen molar-refractivity contribution in [3.8, 4) is 5.75 Å². The van der Waals surface area contributed by atoms with Gasteiger partial charge in [0.15, 0.2) is 0 Å². The van der Waals surface area contributed by atoms with Crippen molar-refractivity contribution in [2.45, 2.75) is 64.7 Å². The van der Waals surface area contributed by atoms with E-state index in [0.29, 0.717) is 38.1 Å². The number of pyridine rings is 1. The number of carbonyl (C=O) groups is 1. The molecule has 1 amide bonds. The number of phenols is 1. The third-order valence-corrected chi connectivity index (χ3v) is 5.87. The number of aromatic nitrogens is 1. The second-order valence-corrected chi connectivity index (χ2v) is 8.39. The zero-order chi connectivity index (χ0) is 24.9. The fourth-order valence-corrected chi connectivity index (χ4v) is 3.96. The molecule has 2 aliphatic heterocycles. The molecule has 186 valence electrons. The number of fused-ring (bicyclic) bond motifs is 3. The molecule has 34 heavy (non-hydrogen) atoms. The highest BCUT2D eigenvalue weighted by Crippen LogP contribution is 2.33. The van der Waals surface area contributed by atoms with Crippen molar-refractivity contribution in [2.24, 2.45) is 0 Å². The highest BCUT2D eigenvalue weighted by Gasteiger charge is 2.33. The van der Waals surface area contributed by atoms with Gasteiger partial charge in [0.1, 0.15) is 17.7 Å². The molecule has 3 heterocycles. The van der Waals surface area contributed by atoms with Crippen LogP contribution in [0.3, 0.4) is 0 Å². The van der Waals surface area contributed by atoms with Crippen LogP contribution in [0.25, 0.3) is 0 Å². The second-order valence-electron chi connectivity index (χ2n) is 8.39. The third-order valence-electron chi connectivity index (χ3n) is 5.87. The van der Waals surface area contributed by atoms with E-state index >= 15 is 0 Å². The standard InChI is InChI=1S/C17H25N3O3.C7H5F3O/c1-3-4-5-6-20(2)17(21)15-7-11-12-8-22-9-13(12)16(18)19-14(11)10-23-15;8-7(9,10)5-2-1-3-6(11)4-5/h15H,3-10H2,1-2H3,(H2,18,19);1-4,11H. The van der Waals surface area contributed by atoms with E-state index < -0.39 is 17.8 Å². The van der Waals surface area contributed by atoms with E-state index in [-0.39, 0.29) is 11.7 Å². The number of phenolic OH excluding ortho intramolecular Hbond substituents is 1. The first kappa shape index (κ1) is 25.8. The fraction of sp³-hybridized carbons (Fsp3) is 0.500. The Morgan fingerprint density at radius 3 is 2.59 bits per heavy atom. The lowest BCUT2D eigenvalue weighted by molar-refractivity contribution is -0.144. The summed E-state index contributed by atoms with van der Waals surface area (Å²) < 4.78 is 46.8. The molecule has 7 nitrogen and oxygen atoms in total. The quantitative estimate of drug-likeness (QED) is 0.622. The second kappa shape index (κ2) is 11.1. The van der Waals surface area contributed by atoms with Crippen LogP contribution in [-0.4, -0.2) is 40.6 Å².